The minimum atomic E-state index is -0.158. The fourth-order valence-corrected chi connectivity index (χ4v) is 4.67. The van der Waals surface area contributed by atoms with Gasteiger partial charge in [0, 0.05) is 21.9 Å². The molecule has 1 aliphatic heterocycles. The topological polar surface area (TPSA) is 58.2 Å². The lowest BCUT2D eigenvalue weighted by Gasteiger charge is -2.19. The van der Waals surface area contributed by atoms with Crippen molar-refractivity contribution in [2.75, 3.05) is 18.1 Å². The summed E-state index contributed by atoms with van der Waals surface area (Å²) in [6, 6.07) is 21.8. The third-order valence-corrected chi connectivity index (χ3v) is 7.01. The zero-order chi connectivity index (χ0) is 22.5. The summed E-state index contributed by atoms with van der Waals surface area (Å²) in [6.07, 6.45) is 4.70. The maximum absolute atomic E-state index is 12.6. The number of anilines is 1. The third-order valence-electron chi connectivity index (χ3n) is 5.17. The highest BCUT2D eigenvalue weighted by molar-refractivity contribution is 8.04. The van der Waals surface area contributed by atoms with Crippen LogP contribution >= 0.6 is 23.5 Å². The molecule has 0 aliphatic carbocycles. The molecule has 1 aliphatic rings. The average Bonchev–Trinajstić information content (AvgIpc) is 2.81. The van der Waals surface area contributed by atoms with Crippen LogP contribution in [0.3, 0.4) is 0 Å². The second-order valence-electron chi connectivity index (χ2n) is 7.54. The summed E-state index contributed by atoms with van der Waals surface area (Å²) in [5, 5.41) is 5.88. The maximum atomic E-state index is 12.6. The Hall–Kier alpha value is -2.96. The van der Waals surface area contributed by atoms with Crippen LogP contribution in [-0.2, 0) is 11.2 Å². The van der Waals surface area contributed by atoms with Crippen molar-refractivity contribution in [1.82, 2.24) is 5.32 Å². The summed E-state index contributed by atoms with van der Waals surface area (Å²) in [4.78, 5) is 28.0. The number of rotatable bonds is 6. The summed E-state index contributed by atoms with van der Waals surface area (Å²) >= 11 is 3.13. The lowest BCUT2D eigenvalue weighted by molar-refractivity contribution is -0.112. The van der Waals surface area contributed by atoms with E-state index in [0.717, 1.165) is 16.9 Å². The Morgan fingerprint density at radius 2 is 1.81 bits per heavy atom. The van der Waals surface area contributed by atoms with Crippen LogP contribution in [0.4, 0.5) is 5.69 Å². The number of carbonyl (C=O) groups is 2. The maximum Gasteiger partial charge on any atom is 0.262 e. The second kappa shape index (κ2) is 10.1. The Balaban J connectivity index is 1.39. The number of aryl methyl sites for hydroxylation is 1. The van der Waals surface area contributed by atoms with E-state index < -0.39 is 0 Å². The van der Waals surface area contributed by atoms with Crippen LogP contribution in [0.5, 0.6) is 0 Å². The van der Waals surface area contributed by atoms with Crippen molar-refractivity contribution >= 4 is 47.1 Å². The lowest BCUT2D eigenvalue weighted by atomic mass is 10.1. The van der Waals surface area contributed by atoms with Crippen LogP contribution < -0.4 is 10.6 Å². The standard InChI is InChI=1S/C26H24N2O2S2/c1-17-3-5-19(6-4-17)15-24-26(30)28-22-16-20(9-12-23(22)32-24)25(29)27-14-13-18-7-10-21(31-2)11-8-18/h3-12,15-16H,13-14H2,1-2H3,(H,27,29)(H,28,30). The molecule has 0 radical (unpaired) electrons. The third kappa shape index (κ3) is 5.44. The Bertz CT molecular complexity index is 1170. The summed E-state index contributed by atoms with van der Waals surface area (Å²) in [7, 11) is 0. The van der Waals surface area contributed by atoms with Gasteiger partial charge in [0.25, 0.3) is 11.8 Å². The molecule has 2 amide bonds. The number of carbonyl (C=O) groups excluding carboxylic acids is 2. The molecule has 2 N–H and O–H groups in total. The number of fused-ring (bicyclic) bond motifs is 1. The van der Waals surface area contributed by atoms with Crippen molar-refractivity contribution in [2.24, 2.45) is 0 Å². The van der Waals surface area contributed by atoms with Crippen LogP contribution in [0.1, 0.15) is 27.0 Å². The first kappa shape index (κ1) is 22.2. The molecule has 4 nitrogen and oxygen atoms in total. The molecule has 32 heavy (non-hydrogen) atoms. The van der Waals surface area contributed by atoms with Gasteiger partial charge in [0.2, 0.25) is 0 Å². The first-order valence-electron chi connectivity index (χ1n) is 10.3. The van der Waals surface area contributed by atoms with Crippen molar-refractivity contribution in [3.63, 3.8) is 0 Å². The fourth-order valence-electron chi connectivity index (χ4n) is 3.33. The van der Waals surface area contributed by atoms with E-state index in [4.69, 9.17) is 0 Å². The monoisotopic (exact) mass is 460 g/mol. The Labute approximate surface area is 196 Å². The molecule has 162 valence electrons. The second-order valence-corrected chi connectivity index (χ2v) is 9.50. The smallest absolute Gasteiger partial charge is 0.262 e. The van der Waals surface area contributed by atoms with E-state index in [1.54, 1.807) is 23.9 Å². The summed E-state index contributed by atoms with van der Waals surface area (Å²) < 4.78 is 0. The van der Waals surface area contributed by atoms with Gasteiger partial charge in [-0.1, -0.05) is 53.7 Å². The molecule has 0 aromatic heterocycles. The highest BCUT2D eigenvalue weighted by Crippen LogP contribution is 2.39. The molecule has 3 aromatic rings. The molecule has 0 saturated carbocycles. The van der Waals surface area contributed by atoms with Gasteiger partial charge >= 0.3 is 0 Å². The van der Waals surface area contributed by atoms with Crippen molar-refractivity contribution in [2.45, 2.75) is 23.1 Å². The SMILES string of the molecule is CSc1ccc(CCNC(=O)c2ccc3c(c2)NC(=O)C(=Cc2ccc(C)cc2)S3)cc1. The summed E-state index contributed by atoms with van der Waals surface area (Å²) in [5.74, 6) is -0.303. The quantitative estimate of drug-likeness (QED) is 0.362. The molecule has 3 aromatic carbocycles. The van der Waals surface area contributed by atoms with Crippen molar-refractivity contribution in [3.05, 3.63) is 93.9 Å². The van der Waals surface area contributed by atoms with Gasteiger partial charge in [-0.3, -0.25) is 9.59 Å². The molecule has 0 atom stereocenters. The molecular weight excluding hydrogens is 436 g/mol. The van der Waals surface area contributed by atoms with Crippen LogP contribution in [0.2, 0.25) is 0 Å². The number of hydrogen-bond donors (Lipinski definition) is 2. The van der Waals surface area contributed by atoms with Gasteiger partial charge in [-0.05, 0) is 67.1 Å². The van der Waals surface area contributed by atoms with Crippen LogP contribution in [-0.4, -0.2) is 24.6 Å². The number of nitrogens with one attached hydrogen (secondary N) is 2. The molecule has 0 spiro atoms. The van der Waals surface area contributed by atoms with E-state index in [2.05, 4.69) is 41.2 Å². The molecule has 0 saturated heterocycles. The summed E-state index contributed by atoms with van der Waals surface area (Å²) in [5.41, 5.74) is 4.55. The predicted molar refractivity (Wildman–Crippen MR) is 134 cm³/mol. The first-order chi connectivity index (χ1) is 15.5. The van der Waals surface area contributed by atoms with Crippen LogP contribution in [0, 0.1) is 6.92 Å². The average molecular weight is 461 g/mol. The summed E-state index contributed by atoms with van der Waals surface area (Å²) in [6.45, 7) is 2.59. The molecule has 1 heterocycles. The molecular formula is C26H24N2O2S2. The van der Waals surface area contributed by atoms with E-state index in [0.29, 0.717) is 22.7 Å². The van der Waals surface area contributed by atoms with E-state index in [1.165, 1.54) is 27.8 Å². The molecule has 0 bridgehead atoms. The zero-order valence-corrected chi connectivity index (χ0v) is 19.6. The van der Waals surface area contributed by atoms with E-state index in [-0.39, 0.29) is 11.8 Å². The van der Waals surface area contributed by atoms with E-state index in [1.807, 2.05) is 43.3 Å². The van der Waals surface area contributed by atoms with Gasteiger partial charge in [0.1, 0.15) is 0 Å². The Morgan fingerprint density at radius 3 is 2.53 bits per heavy atom. The number of benzene rings is 3. The first-order valence-corrected chi connectivity index (χ1v) is 12.4. The molecule has 6 heteroatoms. The van der Waals surface area contributed by atoms with Crippen molar-refractivity contribution in [1.29, 1.82) is 0 Å². The van der Waals surface area contributed by atoms with Crippen molar-refractivity contribution in [3.8, 4) is 0 Å². The largest absolute Gasteiger partial charge is 0.352 e. The van der Waals surface area contributed by atoms with Crippen molar-refractivity contribution < 1.29 is 9.59 Å². The molecule has 0 fully saturated rings. The zero-order valence-electron chi connectivity index (χ0n) is 18.0. The van der Waals surface area contributed by atoms with Gasteiger partial charge in [-0.25, -0.2) is 0 Å². The minimum absolute atomic E-state index is 0.145. The molecule has 4 rings (SSSR count). The van der Waals surface area contributed by atoms with Gasteiger partial charge in [0.15, 0.2) is 0 Å². The number of hydrogen-bond acceptors (Lipinski definition) is 4. The van der Waals surface area contributed by atoms with E-state index in [9.17, 15) is 9.59 Å². The highest BCUT2D eigenvalue weighted by Gasteiger charge is 2.22. The van der Waals surface area contributed by atoms with E-state index >= 15 is 0 Å². The predicted octanol–water partition coefficient (Wildman–Crippen LogP) is 5.77. The van der Waals surface area contributed by atoms with Gasteiger partial charge < -0.3 is 10.6 Å². The molecule has 0 unspecified atom stereocenters. The van der Waals surface area contributed by atoms with Gasteiger partial charge in [-0.2, -0.15) is 0 Å². The normalized spacial score (nSPS) is 14.1. The fraction of sp³-hybridized carbons (Fsp3) is 0.154. The highest BCUT2D eigenvalue weighted by atomic mass is 32.2. The van der Waals surface area contributed by atoms with Crippen LogP contribution in [0.15, 0.2) is 81.4 Å². The Morgan fingerprint density at radius 1 is 1.06 bits per heavy atom. The van der Waals surface area contributed by atoms with Gasteiger partial charge in [-0.15, -0.1) is 11.8 Å². The minimum Gasteiger partial charge on any atom is -0.352 e. The van der Waals surface area contributed by atoms with Gasteiger partial charge in [0.05, 0.1) is 10.6 Å². The Kier molecular flexibility index (Phi) is 7.02. The number of amides is 2. The lowest BCUT2D eigenvalue weighted by Crippen LogP contribution is -2.26. The number of thioether (sulfide) groups is 2. The van der Waals surface area contributed by atoms with Crippen LogP contribution in [0.25, 0.3) is 6.08 Å².